The van der Waals surface area contributed by atoms with Crippen LogP contribution in [0.4, 0.5) is 0 Å². The molecule has 0 aromatic carbocycles. The molecule has 0 amide bonds. The Morgan fingerprint density at radius 1 is 0.667 bits per heavy atom. The number of hydrogen-bond donors (Lipinski definition) is 0. The molecule has 0 saturated carbocycles. The molecule has 0 spiro atoms. The number of hydrogen-bond acceptors (Lipinski definition) is 1. The Hall–Kier alpha value is 0.177. The fourth-order valence-corrected chi connectivity index (χ4v) is 6.20. The molecule has 0 heterocycles. The first-order valence-corrected chi connectivity index (χ1v) is 12.3. The largest absolute Gasteiger partial charge is 0.414 e. The SMILES string of the molecule is CCCCCCCCCCCC(C)O[Si](CC)(CC)CC. The Morgan fingerprint density at radius 3 is 1.52 bits per heavy atom. The van der Waals surface area contributed by atoms with Crippen molar-refractivity contribution in [3.63, 3.8) is 0 Å². The van der Waals surface area contributed by atoms with Gasteiger partial charge >= 0.3 is 0 Å². The minimum atomic E-state index is -1.37. The van der Waals surface area contributed by atoms with Crippen molar-refractivity contribution < 1.29 is 4.43 Å². The van der Waals surface area contributed by atoms with Crippen LogP contribution in [0.15, 0.2) is 0 Å². The van der Waals surface area contributed by atoms with Crippen molar-refractivity contribution in [3.8, 4) is 0 Å². The van der Waals surface area contributed by atoms with E-state index in [2.05, 4.69) is 34.6 Å². The van der Waals surface area contributed by atoms with Crippen molar-refractivity contribution in [2.75, 3.05) is 0 Å². The normalized spacial score (nSPS) is 13.6. The van der Waals surface area contributed by atoms with Gasteiger partial charge in [-0.1, -0.05) is 85.5 Å². The van der Waals surface area contributed by atoms with E-state index < -0.39 is 8.32 Å². The molecule has 0 aliphatic heterocycles. The molecule has 1 atom stereocenters. The molecular weight excluding hydrogens is 272 g/mol. The zero-order chi connectivity index (χ0) is 16.0. The van der Waals surface area contributed by atoms with Crippen molar-refractivity contribution in [1.82, 2.24) is 0 Å². The lowest BCUT2D eigenvalue weighted by atomic mass is 10.1. The molecule has 0 bridgehead atoms. The van der Waals surface area contributed by atoms with E-state index in [4.69, 9.17) is 4.43 Å². The fraction of sp³-hybridized carbons (Fsp3) is 1.00. The number of rotatable bonds is 15. The van der Waals surface area contributed by atoms with Gasteiger partial charge in [-0.2, -0.15) is 0 Å². The Morgan fingerprint density at radius 2 is 1.10 bits per heavy atom. The number of unbranched alkanes of at least 4 members (excludes halogenated alkanes) is 8. The maximum absolute atomic E-state index is 6.50. The van der Waals surface area contributed by atoms with E-state index in [-0.39, 0.29) is 0 Å². The highest BCUT2D eigenvalue weighted by molar-refractivity contribution is 6.73. The molecule has 128 valence electrons. The van der Waals surface area contributed by atoms with Crippen molar-refractivity contribution in [1.29, 1.82) is 0 Å². The van der Waals surface area contributed by atoms with Crippen LogP contribution < -0.4 is 0 Å². The lowest BCUT2D eigenvalue weighted by Crippen LogP contribution is -2.39. The third-order valence-electron chi connectivity index (χ3n) is 5.10. The van der Waals surface area contributed by atoms with Crippen LogP contribution in [0.5, 0.6) is 0 Å². The van der Waals surface area contributed by atoms with E-state index >= 15 is 0 Å². The molecule has 0 radical (unpaired) electrons. The highest BCUT2D eigenvalue weighted by Gasteiger charge is 2.30. The predicted molar refractivity (Wildman–Crippen MR) is 99.6 cm³/mol. The van der Waals surface area contributed by atoms with E-state index in [0.29, 0.717) is 6.10 Å². The molecule has 0 aromatic heterocycles. The second-order valence-corrected chi connectivity index (χ2v) is 11.5. The van der Waals surface area contributed by atoms with Gasteiger partial charge in [0.05, 0.1) is 0 Å². The maximum Gasteiger partial charge on any atom is 0.192 e. The van der Waals surface area contributed by atoms with E-state index in [0.717, 1.165) is 0 Å². The first kappa shape index (κ1) is 21.2. The predicted octanol–water partition coefficient (Wildman–Crippen LogP) is 7.32. The summed E-state index contributed by atoms with van der Waals surface area (Å²) in [5, 5.41) is 0. The third kappa shape index (κ3) is 10.5. The Labute approximate surface area is 136 Å². The van der Waals surface area contributed by atoms with Gasteiger partial charge < -0.3 is 4.43 Å². The minimum absolute atomic E-state index is 0.487. The minimum Gasteiger partial charge on any atom is -0.414 e. The fourth-order valence-electron chi connectivity index (χ4n) is 3.23. The van der Waals surface area contributed by atoms with Crippen LogP contribution in [-0.4, -0.2) is 14.4 Å². The van der Waals surface area contributed by atoms with Gasteiger partial charge in [0.25, 0.3) is 0 Å². The Bertz CT molecular complexity index is 205. The van der Waals surface area contributed by atoms with Gasteiger partial charge in [0.15, 0.2) is 8.32 Å². The van der Waals surface area contributed by atoms with Crippen LogP contribution in [-0.2, 0) is 4.43 Å². The van der Waals surface area contributed by atoms with Gasteiger partial charge in [0.1, 0.15) is 0 Å². The zero-order valence-electron chi connectivity index (χ0n) is 15.7. The monoisotopic (exact) mass is 314 g/mol. The molecule has 0 aliphatic carbocycles. The van der Waals surface area contributed by atoms with Crippen LogP contribution in [0.25, 0.3) is 0 Å². The van der Waals surface area contributed by atoms with E-state index in [1.54, 1.807) is 0 Å². The van der Waals surface area contributed by atoms with Crippen molar-refractivity contribution in [3.05, 3.63) is 0 Å². The molecular formula is C19H42OSi. The summed E-state index contributed by atoms with van der Waals surface area (Å²) in [6, 6.07) is 3.84. The smallest absolute Gasteiger partial charge is 0.192 e. The zero-order valence-corrected chi connectivity index (χ0v) is 16.7. The Balaban J connectivity index is 3.55. The maximum atomic E-state index is 6.50. The van der Waals surface area contributed by atoms with Crippen LogP contribution in [0.1, 0.15) is 98.8 Å². The second-order valence-electron chi connectivity index (χ2n) is 6.79. The van der Waals surface area contributed by atoms with Crippen LogP contribution >= 0.6 is 0 Å². The van der Waals surface area contributed by atoms with Gasteiger partial charge in [0, 0.05) is 6.10 Å². The first-order valence-electron chi connectivity index (χ1n) is 9.81. The van der Waals surface area contributed by atoms with E-state index in [1.165, 1.54) is 82.3 Å². The summed E-state index contributed by atoms with van der Waals surface area (Å²) >= 11 is 0. The van der Waals surface area contributed by atoms with Gasteiger partial charge in [-0.05, 0) is 31.5 Å². The van der Waals surface area contributed by atoms with Crippen molar-refractivity contribution in [2.24, 2.45) is 0 Å². The van der Waals surface area contributed by atoms with Crippen LogP contribution in [0.2, 0.25) is 18.1 Å². The molecule has 2 heteroatoms. The van der Waals surface area contributed by atoms with Crippen molar-refractivity contribution in [2.45, 2.75) is 123 Å². The van der Waals surface area contributed by atoms with Crippen LogP contribution in [0.3, 0.4) is 0 Å². The average Bonchev–Trinajstić information content (AvgIpc) is 2.51. The summed E-state index contributed by atoms with van der Waals surface area (Å²) in [5.74, 6) is 0. The summed E-state index contributed by atoms with van der Waals surface area (Å²) < 4.78 is 6.50. The van der Waals surface area contributed by atoms with Gasteiger partial charge in [-0.25, -0.2) is 0 Å². The van der Waals surface area contributed by atoms with Crippen LogP contribution in [0, 0.1) is 0 Å². The molecule has 0 aromatic rings. The molecule has 1 nitrogen and oxygen atoms in total. The summed E-state index contributed by atoms with van der Waals surface area (Å²) in [6.07, 6.45) is 14.5. The summed E-state index contributed by atoms with van der Waals surface area (Å²) in [6.45, 7) is 11.6. The summed E-state index contributed by atoms with van der Waals surface area (Å²) in [5.41, 5.74) is 0. The molecule has 0 aliphatic rings. The highest BCUT2D eigenvalue weighted by atomic mass is 28.4. The molecule has 1 unspecified atom stereocenters. The lowest BCUT2D eigenvalue weighted by Gasteiger charge is -2.31. The molecule has 0 rings (SSSR count). The molecule has 0 saturated heterocycles. The standard InChI is InChI=1S/C19H42OSi/c1-6-10-11-12-13-14-15-16-17-18-19(5)20-21(7-2,8-3)9-4/h19H,6-18H2,1-5H3. The first-order chi connectivity index (χ1) is 10.1. The van der Waals surface area contributed by atoms with Gasteiger partial charge in [-0.15, -0.1) is 0 Å². The molecule has 21 heavy (non-hydrogen) atoms. The van der Waals surface area contributed by atoms with E-state index in [1.807, 2.05) is 0 Å². The third-order valence-corrected chi connectivity index (χ3v) is 9.87. The average molecular weight is 315 g/mol. The molecule has 0 fully saturated rings. The van der Waals surface area contributed by atoms with Crippen molar-refractivity contribution >= 4 is 8.32 Å². The molecule has 0 N–H and O–H groups in total. The lowest BCUT2D eigenvalue weighted by molar-refractivity contribution is 0.191. The van der Waals surface area contributed by atoms with E-state index in [9.17, 15) is 0 Å². The Kier molecular flexibility index (Phi) is 13.9. The summed E-state index contributed by atoms with van der Waals surface area (Å²) in [7, 11) is -1.37. The topological polar surface area (TPSA) is 9.23 Å². The second kappa shape index (κ2) is 13.8. The quantitative estimate of drug-likeness (QED) is 0.227. The summed E-state index contributed by atoms with van der Waals surface area (Å²) in [4.78, 5) is 0. The highest BCUT2D eigenvalue weighted by Crippen LogP contribution is 2.25. The van der Waals surface area contributed by atoms with Gasteiger partial charge in [0.2, 0.25) is 0 Å². The van der Waals surface area contributed by atoms with Gasteiger partial charge in [-0.3, -0.25) is 0 Å².